The molecule has 1 aromatic heterocycles. The van der Waals surface area contributed by atoms with Gasteiger partial charge in [0.05, 0.1) is 6.61 Å². The molecule has 0 aliphatic carbocycles. The number of hydrogen-bond donors (Lipinski definition) is 1. The normalized spacial score (nSPS) is 19.9. The van der Waals surface area contributed by atoms with Gasteiger partial charge in [0.1, 0.15) is 0 Å². The Bertz CT molecular complexity index is 570. The summed E-state index contributed by atoms with van der Waals surface area (Å²) in [5, 5.41) is 0.983. The van der Waals surface area contributed by atoms with Crippen LogP contribution in [-0.2, 0) is 4.74 Å². The van der Waals surface area contributed by atoms with Gasteiger partial charge in [-0.15, -0.1) is 0 Å². The highest BCUT2D eigenvalue weighted by Crippen LogP contribution is 2.26. The summed E-state index contributed by atoms with van der Waals surface area (Å²) in [6.07, 6.45) is 2.64. The summed E-state index contributed by atoms with van der Waals surface area (Å²) in [6, 6.07) is 5.92. The lowest BCUT2D eigenvalue weighted by Crippen LogP contribution is -2.14. The number of aromatic amines is 1. The molecule has 2 aromatic rings. The molecule has 1 aliphatic rings. The molecule has 0 spiro atoms. The number of ether oxygens (including phenoxy) is 1. The molecule has 1 atom stereocenters. The van der Waals surface area contributed by atoms with Crippen LogP contribution in [0, 0.1) is 5.92 Å². The predicted molar refractivity (Wildman–Crippen MR) is 69.3 cm³/mol. The summed E-state index contributed by atoms with van der Waals surface area (Å²) in [5.41, 5.74) is 1.77. The van der Waals surface area contributed by atoms with Gasteiger partial charge in [-0.2, -0.15) is 0 Å². The molecule has 1 aromatic carbocycles. The third kappa shape index (κ3) is 1.91. The fourth-order valence-corrected chi connectivity index (χ4v) is 2.62. The van der Waals surface area contributed by atoms with E-state index in [0.29, 0.717) is 13.2 Å². The second kappa shape index (κ2) is 4.27. The molecule has 1 saturated heterocycles. The maximum atomic E-state index is 12.3. The molecular weight excluding hydrogens is 282 g/mol. The molecule has 3 rings (SSSR count). The second-order valence-electron chi connectivity index (χ2n) is 4.32. The van der Waals surface area contributed by atoms with Gasteiger partial charge >= 0.3 is 0 Å². The van der Waals surface area contributed by atoms with Crippen molar-refractivity contribution in [2.24, 2.45) is 5.92 Å². The Morgan fingerprint density at radius 1 is 1.47 bits per heavy atom. The maximum Gasteiger partial charge on any atom is 0.170 e. The molecule has 2 heterocycles. The molecule has 1 N–H and O–H groups in total. The topological polar surface area (TPSA) is 42.1 Å². The number of Topliss-reactive ketones (excluding diaryl/α,β-unsaturated/α-hetero) is 1. The number of carbonyl (C=O) groups is 1. The van der Waals surface area contributed by atoms with E-state index < -0.39 is 0 Å². The summed E-state index contributed by atoms with van der Waals surface area (Å²) in [4.78, 5) is 15.5. The number of nitrogens with one attached hydrogen (secondary N) is 1. The molecule has 17 heavy (non-hydrogen) atoms. The largest absolute Gasteiger partial charge is 0.381 e. The zero-order valence-corrected chi connectivity index (χ0v) is 10.8. The van der Waals surface area contributed by atoms with Crippen LogP contribution < -0.4 is 0 Å². The zero-order chi connectivity index (χ0) is 11.8. The minimum Gasteiger partial charge on any atom is -0.381 e. The molecule has 0 radical (unpaired) electrons. The van der Waals surface area contributed by atoms with Gasteiger partial charge in [0.15, 0.2) is 5.78 Å². The molecule has 3 nitrogen and oxygen atoms in total. The van der Waals surface area contributed by atoms with Crippen molar-refractivity contribution in [3.8, 4) is 0 Å². The zero-order valence-electron chi connectivity index (χ0n) is 9.20. The highest BCUT2D eigenvalue weighted by Gasteiger charge is 2.26. The molecule has 1 fully saturated rings. The molecule has 0 amide bonds. The maximum absolute atomic E-state index is 12.3. The molecule has 1 aliphatic heterocycles. The van der Waals surface area contributed by atoms with E-state index in [1.54, 1.807) is 6.20 Å². The van der Waals surface area contributed by atoms with Crippen LogP contribution in [0.25, 0.3) is 10.9 Å². The number of halogens is 1. The molecule has 1 unspecified atom stereocenters. The second-order valence-corrected chi connectivity index (χ2v) is 5.23. The van der Waals surface area contributed by atoms with Crippen molar-refractivity contribution in [3.05, 3.63) is 34.4 Å². The van der Waals surface area contributed by atoms with Crippen LogP contribution in [0.4, 0.5) is 0 Å². The molecular formula is C13H12BrNO2. The third-order valence-electron chi connectivity index (χ3n) is 3.21. The highest BCUT2D eigenvalue weighted by atomic mass is 79.9. The number of benzene rings is 1. The minimum absolute atomic E-state index is 0.0213. The first-order valence-corrected chi connectivity index (χ1v) is 6.43. The van der Waals surface area contributed by atoms with E-state index in [9.17, 15) is 4.79 Å². The van der Waals surface area contributed by atoms with E-state index in [1.807, 2.05) is 18.2 Å². The van der Waals surface area contributed by atoms with Crippen LogP contribution in [0.15, 0.2) is 28.9 Å². The summed E-state index contributed by atoms with van der Waals surface area (Å²) in [5.74, 6) is 0.208. The SMILES string of the molecule is O=C(c1c[nH]c2ccc(Br)cc12)C1CCOC1. The highest BCUT2D eigenvalue weighted by molar-refractivity contribution is 9.10. The Labute approximate surface area is 107 Å². The van der Waals surface area contributed by atoms with Crippen molar-refractivity contribution in [2.45, 2.75) is 6.42 Å². The Kier molecular flexibility index (Phi) is 2.76. The monoisotopic (exact) mass is 293 g/mol. The van der Waals surface area contributed by atoms with Gasteiger partial charge in [-0.05, 0) is 24.6 Å². The van der Waals surface area contributed by atoms with Crippen molar-refractivity contribution in [3.63, 3.8) is 0 Å². The van der Waals surface area contributed by atoms with Crippen LogP contribution in [0.2, 0.25) is 0 Å². The number of H-pyrrole nitrogens is 1. The average Bonchev–Trinajstić information content (AvgIpc) is 2.97. The van der Waals surface area contributed by atoms with E-state index in [1.165, 1.54) is 0 Å². The molecule has 0 saturated carbocycles. The summed E-state index contributed by atoms with van der Waals surface area (Å²) in [7, 11) is 0. The Morgan fingerprint density at radius 3 is 3.12 bits per heavy atom. The predicted octanol–water partition coefficient (Wildman–Crippen LogP) is 3.15. The van der Waals surface area contributed by atoms with Crippen LogP contribution in [-0.4, -0.2) is 24.0 Å². The minimum atomic E-state index is 0.0213. The van der Waals surface area contributed by atoms with Crippen LogP contribution in [0.1, 0.15) is 16.8 Å². The quantitative estimate of drug-likeness (QED) is 0.865. The lowest BCUT2D eigenvalue weighted by molar-refractivity contribution is 0.0902. The molecule has 4 heteroatoms. The first kappa shape index (κ1) is 11.0. The number of carbonyl (C=O) groups excluding carboxylic acids is 1. The van der Waals surface area contributed by atoms with Crippen molar-refractivity contribution in [1.29, 1.82) is 0 Å². The first-order chi connectivity index (χ1) is 8.25. The Hall–Kier alpha value is -1.13. The molecule has 88 valence electrons. The van der Waals surface area contributed by atoms with Crippen molar-refractivity contribution < 1.29 is 9.53 Å². The van der Waals surface area contributed by atoms with Crippen molar-refractivity contribution >= 4 is 32.6 Å². The number of fused-ring (bicyclic) bond motifs is 1. The number of rotatable bonds is 2. The van der Waals surface area contributed by atoms with E-state index >= 15 is 0 Å². The van der Waals surface area contributed by atoms with Gasteiger partial charge in [0.2, 0.25) is 0 Å². The van der Waals surface area contributed by atoms with Crippen molar-refractivity contribution in [1.82, 2.24) is 4.98 Å². The van der Waals surface area contributed by atoms with Gasteiger partial charge in [-0.1, -0.05) is 15.9 Å². The first-order valence-electron chi connectivity index (χ1n) is 5.64. The average molecular weight is 294 g/mol. The third-order valence-corrected chi connectivity index (χ3v) is 3.70. The number of hydrogen-bond acceptors (Lipinski definition) is 2. The van der Waals surface area contributed by atoms with Crippen molar-refractivity contribution in [2.75, 3.05) is 13.2 Å². The number of ketones is 1. The summed E-state index contributed by atoms with van der Waals surface area (Å²) < 4.78 is 6.26. The molecule has 0 bridgehead atoms. The standard InChI is InChI=1S/C13H12BrNO2/c14-9-1-2-12-10(5-9)11(6-15-12)13(16)8-3-4-17-7-8/h1-2,5-6,8,15H,3-4,7H2. The van der Waals surface area contributed by atoms with Crippen LogP contribution in [0.3, 0.4) is 0 Å². The lowest BCUT2D eigenvalue weighted by Gasteiger charge is -2.05. The fourth-order valence-electron chi connectivity index (χ4n) is 2.26. The Balaban J connectivity index is 2.04. The summed E-state index contributed by atoms with van der Waals surface area (Å²) in [6.45, 7) is 1.25. The summed E-state index contributed by atoms with van der Waals surface area (Å²) >= 11 is 3.43. The lowest BCUT2D eigenvalue weighted by atomic mass is 9.97. The van der Waals surface area contributed by atoms with Gasteiger partial charge in [-0.25, -0.2) is 0 Å². The van der Waals surface area contributed by atoms with Crippen LogP contribution in [0.5, 0.6) is 0 Å². The van der Waals surface area contributed by atoms with E-state index in [4.69, 9.17) is 4.74 Å². The Morgan fingerprint density at radius 2 is 2.35 bits per heavy atom. The number of aromatic nitrogens is 1. The van der Waals surface area contributed by atoms with Gasteiger partial charge < -0.3 is 9.72 Å². The van der Waals surface area contributed by atoms with Gasteiger partial charge in [-0.3, -0.25) is 4.79 Å². The van der Waals surface area contributed by atoms with Crippen LogP contribution >= 0.6 is 15.9 Å². The fraction of sp³-hybridized carbons (Fsp3) is 0.308. The van der Waals surface area contributed by atoms with E-state index in [0.717, 1.165) is 27.4 Å². The van der Waals surface area contributed by atoms with E-state index in [2.05, 4.69) is 20.9 Å². The van der Waals surface area contributed by atoms with Gasteiger partial charge in [0, 0.05) is 39.7 Å². The van der Waals surface area contributed by atoms with E-state index in [-0.39, 0.29) is 11.7 Å². The smallest absolute Gasteiger partial charge is 0.170 e. The van der Waals surface area contributed by atoms with Gasteiger partial charge in [0.25, 0.3) is 0 Å².